The zero-order valence-electron chi connectivity index (χ0n) is 14.9. The fraction of sp³-hybridized carbons (Fsp3) is 0.526. The van der Waals surface area contributed by atoms with Crippen LogP contribution in [0.3, 0.4) is 0 Å². The summed E-state index contributed by atoms with van der Waals surface area (Å²) < 4.78 is 11.6. The van der Waals surface area contributed by atoms with E-state index < -0.39 is 0 Å². The smallest absolute Gasteiger partial charge is 0.185 e. The van der Waals surface area contributed by atoms with Gasteiger partial charge in [-0.3, -0.25) is 4.90 Å². The van der Waals surface area contributed by atoms with Crippen molar-refractivity contribution in [2.24, 2.45) is 0 Å². The van der Waals surface area contributed by atoms with Crippen molar-refractivity contribution < 1.29 is 9.47 Å². The summed E-state index contributed by atoms with van der Waals surface area (Å²) in [6, 6.07) is 6.31. The lowest BCUT2D eigenvalue weighted by Crippen LogP contribution is -2.53. The molecule has 0 saturated carbocycles. The molecule has 4 rings (SSSR count). The summed E-state index contributed by atoms with van der Waals surface area (Å²) in [5, 5.41) is 1.13. The van der Waals surface area contributed by atoms with Gasteiger partial charge in [0.1, 0.15) is 11.9 Å². The number of para-hydroxylation sites is 1. The van der Waals surface area contributed by atoms with Crippen molar-refractivity contribution in [2.45, 2.75) is 26.5 Å². The number of nitrogens with zero attached hydrogens (tertiary/aromatic N) is 3. The molecule has 2 aromatic rings. The van der Waals surface area contributed by atoms with Crippen LogP contribution in [-0.4, -0.2) is 55.4 Å². The number of rotatable bonds is 5. The largest absolute Gasteiger partial charge is 0.487 e. The Morgan fingerprint density at radius 3 is 2.64 bits per heavy atom. The maximum Gasteiger partial charge on any atom is 0.185 e. The van der Waals surface area contributed by atoms with Gasteiger partial charge in [-0.2, -0.15) is 0 Å². The number of thiazole rings is 1. The van der Waals surface area contributed by atoms with E-state index in [2.05, 4.69) is 46.8 Å². The normalized spacial score (nSPS) is 19.0. The molecule has 134 valence electrons. The zero-order chi connectivity index (χ0) is 17.2. The number of likely N-dealkylation sites (tertiary alicyclic amines) is 1. The third-order valence-corrected chi connectivity index (χ3v) is 5.86. The summed E-state index contributed by atoms with van der Waals surface area (Å²) in [5.74, 6) is 1.06. The van der Waals surface area contributed by atoms with Crippen molar-refractivity contribution in [1.82, 2.24) is 9.88 Å². The minimum atomic E-state index is 0.298. The van der Waals surface area contributed by atoms with Gasteiger partial charge in [-0.25, -0.2) is 4.98 Å². The second-order valence-corrected chi connectivity index (χ2v) is 7.96. The van der Waals surface area contributed by atoms with Gasteiger partial charge in [0.05, 0.1) is 13.2 Å². The number of hydrogen-bond acceptors (Lipinski definition) is 6. The summed E-state index contributed by atoms with van der Waals surface area (Å²) in [6.45, 7) is 10.7. The molecule has 0 spiro atoms. The van der Waals surface area contributed by atoms with E-state index >= 15 is 0 Å². The van der Waals surface area contributed by atoms with E-state index in [0.29, 0.717) is 6.10 Å². The van der Waals surface area contributed by atoms with Gasteiger partial charge in [0.15, 0.2) is 5.13 Å². The SMILES string of the molecule is Cc1cccc(C)c1OC1CN(Cc2cnc(N3CCOCC3)s2)C1. The van der Waals surface area contributed by atoms with Crippen LogP contribution < -0.4 is 9.64 Å². The minimum absolute atomic E-state index is 0.298. The lowest BCUT2D eigenvalue weighted by Gasteiger charge is -2.39. The Labute approximate surface area is 153 Å². The van der Waals surface area contributed by atoms with Gasteiger partial charge in [0, 0.05) is 43.8 Å². The molecule has 0 amide bonds. The van der Waals surface area contributed by atoms with Crippen LogP contribution >= 0.6 is 11.3 Å². The lowest BCUT2D eigenvalue weighted by atomic mass is 10.1. The minimum Gasteiger partial charge on any atom is -0.487 e. The first-order valence-electron chi connectivity index (χ1n) is 8.91. The average Bonchev–Trinajstić information content (AvgIpc) is 3.05. The topological polar surface area (TPSA) is 37.8 Å². The van der Waals surface area contributed by atoms with Crippen molar-refractivity contribution in [2.75, 3.05) is 44.3 Å². The van der Waals surface area contributed by atoms with Crippen molar-refractivity contribution in [3.8, 4) is 5.75 Å². The molecule has 0 aliphatic carbocycles. The number of anilines is 1. The van der Waals surface area contributed by atoms with Gasteiger partial charge in [0.2, 0.25) is 0 Å². The van der Waals surface area contributed by atoms with Crippen molar-refractivity contribution in [3.05, 3.63) is 40.4 Å². The number of benzene rings is 1. The molecule has 0 atom stereocenters. The molecule has 2 fully saturated rings. The molecule has 0 N–H and O–H groups in total. The van der Waals surface area contributed by atoms with Crippen LogP contribution in [-0.2, 0) is 11.3 Å². The monoisotopic (exact) mass is 359 g/mol. The summed E-state index contributed by atoms with van der Waals surface area (Å²) >= 11 is 1.80. The predicted molar refractivity (Wildman–Crippen MR) is 101 cm³/mol. The van der Waals surface area contributed by atoms with Gasteiger partial charge in [-0.1, -0.05) is 18.2 Å². The molecule has 0 bridgehead atoms. The highest BCUT2D eigenvalue weighted by Crippen LogP contribution is 2.28. The second-order valence-electron chi connectivity index (χ2n) is 6.86. The Bertz CT molecular complexity index is 701. The van der Waals surface area contributed by atoms with Crippen LogP contribution in [0.4, 0.5) is 5.13 Å². The molecule has 0 radical (unpaired) electrons. The van der Waals surface area contributed by atoms with Gasteiger partial charge < -0.3 is 14.4 Å². The summed E-state index contributed by atoms with van der Waals surface area (Å²) in [6.07, 6.45) is 2.32. The average molecular weight is 359 g/mol. The molecule has 2 saturated heterocycles. The Kier molecular flexibility index (Phi) is 4.92. The zero-order valence-corrected chi connectivity index (χ0v) is 15.7. The summed E-state index contributed by atoms with van der Waals surface area (Å²) in [7, 11) is 0. The highest BCUT2D eigenvalue weighted by atomic mass is 32.1. The number of aromatic nitrogens is 1. The third-order valence-electron chi connectivity index (χ3n) is 4.82. The third kappa shape index (κ3) is 3.81. The Morgan fingerprint density at radius 2 is 1.92 bits per heavy atom. The standard InChI is InChI=1S/C19H25N3O2S/c1-14-4-3-5-15(2)18(14)24-16-11-21(12-16)13-17-10-20-19(25-17)22-6-8-23-9-7-22/h3-5,10,16H,6-9,11-13H2,1-2H3. The highest BCUT2D eigenvalue weighted by molar-refractivity contribution is 7.15. The van der Waals surface area contributed by atoms with Crippen LogP contribution in [0.25, 0.3) is 0 Å². The first-order valence-corrected chi connectivity index (χ1v) is 9.73. The molecule has 1 aromatic heterocycles. The van der Waals surface area contributed by atoms with E-state index in [4.69, 9.17) is 9.47 Å². The van der Waals surface area contributed by atoms with E-state index in [1.54, 1.807) is 11.3 Å². The first kappa shape index (κ1) is 16.8. The van der Waals surface area contributed by atoms with Gasteiger partial charge >= 0.3 is 0 Å². The fourth-order valence-corrected chi connectivity index (χ4v) is 4.37. The van der Waals surface area contributed by atoms with Crippen LogP contribution in [0, 0.1) is 13.8 Å². The van der Waals surface area contributed by atoms with Crippen LogP contribution in [0.1, 0.15) is 16.0 Å². The lowest BCUT2D eigenvalue weighted by molar-refractivity contribution is 0.0143. The number of aryl methyl sites for hydroxylation is 2. The molecular weight excluding hydrogens is 334 g/mol. The summed E-state index contributed by atoms with van der Waals surface area (Å²) in [5.41, 5.74) is 2.44. The maximum absolute atomic E-state index is 6.20. The van der Waals surface area contributed by atoms with Gasteiger partial charge in [-0.15, -0.1) is 11.3 Å². The first-order chi connectivity index (χ1) is 12.2. The summed E-state index contributed by atoms with van der Waals surface area (Å²) in [4.78, 5) is 10.7. The quantitative estimate of drug-likeness (QED) is 0.821. The van der Waals surface area contributed by atoms with E-state index in [0.717, 1.165) is 56.8 Å². The van der Waals surface area contributed by atoms with Crippen LogP contribution in [0.2, 0.25) is 0 Å². The van der Waals surface area contributed by atoms with Crippen molar-refractivity contribution in [3.63, 3.8) is 0 Å². The van der Waals surface area contributed by atoms with Crippen LogP contribution in [0.15, 0.2) is 24.4 Å². The maximum atomic E-state index is 6.20. The molecule has 2 aliphatic rings. The van der Waals surface area contributed by atoms with Gasteiger partial charge in [-0.05, 0) is 25.0 Å². The second kappa shape index (κ2) is 7.32. The highest BCUT2D eigenvalue weighted by Gasteiger charge is 2.29. The molecule has 1 aromatic carbocycles. The number of ether oxygens (including phenoxy) is 2. The molecule has 6 heteroatoms. The molecular formula is C19H25N3O2S. The number of hydrogen-bond donors (Lipinski definition) is 0. The van der Waals surface area contributed by atoms with Crippen molar-refractivity contribution in [1.29, 1.82) is 0 Å². The Hall–Kier alpha value is -1.63. The van der Waals surface area contributed by atoms with E-state index in [1.807, 2.05) is 6.20 Å². The predicted octanol–water partition coefficient (Wildman–Crippen LogP) is 2.86. The Morgan fingerprint density at radius 1 is 1.20 bits per heavy atom. The molecule has 2 aliphatic heterocycles. The molecule has 3 heterocycles. The molecule has 25 heavy (non-hydrogen) atoms. The number of morpholine rings is 1. The fourth-order valence-electron chi connectivity index (χ4n) is 3.37. The van der Waals surface area contributed by atoms with Gasteiger partial charge in [0.25, 0.3) is 0 Å². The van der Waals surface area contributed by atoms with E-state index in [9.17, 15) is 0 Å². The Balaban J connectivity index is 1.28. The van der Waals surface area contributed by atoms with Crippen molar-refractivity contribution >= 4 is 16.5 Å². The van der Waals surface area contributed by atoms with E-state index in [1.165, 1.54) is 16.0 Å². The molecule has 0 unspecified atom stereocenters. The van der Waals surface area contributed by atoms with E-state index in [-0.39, 0.29) is 0 Å². The van der Waals surface area contributed by atoms with Crippen LogP contribution in [0.5, 0.6) is 5.75 Å². The molecule has 5 nitrogen and oxygen atoms in total.